The molecule has 0 spiro atoms. The summed E-state index contributed by atoms with van der Waals surface area (Å²) in [5.74, 6) is -0.262. The van der Waals surface area contributed by atoms with Crippen LogP contribution in [0.25, 0.3) is 0 Å². The van der Waals surface area contributed by atoms with Gasteiger partial charge in [-0.15, -0.1) is 0 Å². The van der Waals surface area contributed by atoms with Crippen LogP contribution in [0.2, 0.25) is 0 Å². The zero-order valence-electron chi connectivity index (χ0n) is 12.0. The molecule has 1 N–H and O–H groups in total. The van der Waals surface area contributed by atoms with Gasteiger partial charge in [-0.3, -0.25) is 10.1 Å². The van der Waals surface area contributed by atoms with Gasteiger partial charge >= 0.3 is 11.7 Å². The predicted octanol–water partition coefficient (Wildman–Crippen LogP) is 2.70. The molecule has 0 atom stereocenters. The summed E-state index contributed by atoms with van der Waals surface area (Å²) >= 11 is 0. The fraction of sp³-hybridized carbons (Fsp3) is 0.571. The molecule has 1 aliphatic heterocycles. The summed E-state index contributed by atoms with van der Waals surface area (Å²) in [6.45, 7) is 3.61. The highest BCUT2D eigenvalue weighted by molar-refractivity contribution is 5.88. The van der Waals surface area contributed by atoms with Gasteiger partial charge in [0.2, 0.25) is 5.82 Å². The zero-order valence-corrected chi connectivity index (χ0v) is 12.0. The maximum Gasteiger partial charge on any atom is 0.337 e. The number of carbonyl (C=O) groups is 1. The van der Waals surface area contributed by atoms with Crippen molar-refractivity contribution in [3.8, 4) is 0 Å². The van der Waals surface area contributed by atoms with E-state index in [1.807, 2.05) is 4.90 Å². The lowest BCUT2D eigenvalue weighted by Gasteiger charge is -2.32. The Kier molecular flexibility index (Phi) is 4.72. The number of carboxylic acids is 1. The first-order valence-electron chi connectivity index (χ1n) is 7.15. The highest BCUT2D eigenvalue weighted by atomic mass is 16.6. The molecule has 2 rings (SSSR count). The van der Waals surface area contributed by atoms with Crippen molar-refractivity contribution in [3.05, 3.63) is 27.9 Å². The van der Waals surface area contributed by atoms with Crippen molar-refractivity contribution in [2.24, 2.45) is 5.92 Å². The predicted molar refractivity (Wildman–Crippen MR) is 77.7 cm³/mol. The van der Waals surface area contributed by atoms with E-state index in [0.717, 1.165) is 38.4 Å². The number of nitrogens with zero attached hydrogens (tertiary/aromatic N) is 3. The molecule has 1 aromatic rings. The lowest BCUT2D eigenvalue weighted by molar-refractivity contribution is -0.384. The fourth-order valence-corrected chi connectivity index (χ4v) is 2.78. The number of aromatic carboxylic acids is 1. The van der Waals surface area contributed by atoms with Gasteiger partial charge in [-0.25, -0.2) is 9.78 Å². The van der Waals surface area contributed by atoms with Crippen LogP contribution >= 0.6 is 0 Å². The van der Waals surface area contributed by atoms with Crippen LogP contribution in [-0.2, 0) is 0 Å². The first-order chi connectivity index (χ1) is 10.0. The number of hydrogen-bond donors (Lipinski definition) is 1. The summed E-state index contributed by atoms with van der Waals surface area (Å²) in [7, 11) is 0. The van der Waals surface area contributed by atoms with Crippen LogP contribution in [0.15, 0.2) is 12.3 Å². The number of carboxylic acid groups (broad SMARTS) is 1. The number of anilines is 1. The molecule has 114 valence electrons. The number of pyridine rings is 1. The molecular weight excluding hydrogens is 274 g/mol. The standard InChI is InChI=1S/C14H19N3O4/c1-2-3-10-4-6-16(7-5-10)13-12(17(20)21)8-11(9-15-13)14(18)19/h8-10H,2-7H2,1H3,(H,18,19). The molecule has 0 unspecified atom stereocenters. The van der Waals surface area contributed by atoms with Gasteiger partial charge in [-0.05, 0) is 18.8 Å². The summed E-state index contributed by atoms with van der Waals surface area (Å²) < 4.78 is 0. The SMILES string of the molecule is CCCC1CCN(c2ncc(C(=O)O)cc2[N+](=O)[O-])CC1. The van der Waals surface area contributed by atoms with E-state index in [1.54, 1.807) is 0 Å². The van der Waals surface area contributed by atoms with E-state index in [0.29, 0.717) is 5.92 Å². The largest absolute Gasteiger partial charge is 0.478 e. The lowest BCUT2D eigenvalue weighted by atomic mass is 9.92. The van der Waals surface area contributed by atoms with E-state index in [9.17, 15) is 14.9 Å². The molecule has 0 bridgehead atoms. The van der Waals surface area contributed by atoms with Gasteiger partial charge in [0.25, 0.3) is 0 Å². The molecular formula is C14H19N3O4. The summed E-state index contributed by atoms with van der Waals surface area (Å²) in [6, 6.07) is 1.09. The Morgan fingerprint density at radius 3 is 2.71 bits per heavy atom. The maximum absolute atomic E-state index is 11.2. The minimum atomic E-state index is -1.21. The molecule has 1 aliphatic rings. The number of aromatic nitrogens is 1. The van der Waals surface area contributed by atoms with Crippen molar-refractivity contribution in [2.75, 3.05) is 18.0 Å². The average Bonchev–Trinajstić information content (AvgIpc) is 2.47. The van der Waals surface area contributed by atoms with E-state index in [2.05, 4.69) is 11.9 Å². The number of hydrogen-bond acceptors (Lipinski definition) is 5. The normalized spacial score (nSPS) is 16.0. The van der Waals surface area contributed by atoms with Gasteiger partial charge < -0.3 is 10.0 Å². The third-order valence-electron chi connectivity index (χ3n) is 3.90. The minimum absolute atomic E-state index is 0.161. The second-order valence-electron chi connectivity index (χ2n) is 5.35. The molecule has 7 heteroatoms. The van der Waals surface area contributed by atoms with Crippen LogP contribution in [0, 0.1) is 16.0 Å². The third kappa shape index (κ3) is 3.48. The van der Waals surface area contributed by atoms with Crippen LogP contribution in [0.3, 0.4) is 0 Å². The molecule has 0 saturated carbocycles. The van der Waals surface area contributed by atoms with E-state index in [4.69, 9.17) is 5.11 Å². The maximum atomic E-state index is 11.2. The van der Waals surface area contributed by atoms with Crippen molar-refractivity contribution in [2.45, 2.75) is 32.6 Å². The molecule has 0 aliphatic carbocycles. The van der Waals surface area contributed by atoms with Gasteiger partial charge in [-0.2, -0.15) is 0 Å². The molecule has 1 fully saturated rings. The Labute approximate surface area is 122 Å². The van der Waals surface area contributed by atoms with Crippen LogP contribution in [0.1, 0.15) is 43.0 Å². The van der Waals surface area contributed by atoms with Crippen LogP contribution in [0.5, 0.6) is 0 Å². The molecule has 0 amide bonds. The van der Waals surface area contributed by atoms with E-state index < -0.39 is 10.9 Å². The van der Waals surface area contributed by atoms with Gasteiger partial charge in [0, 0.05) is 25.4 Å². The van der Waals surface area contributed by atoms with Crippen molar-refractivity contribution in [1.82, 2.24) is 4.98 Å². The Morgan fingerprint density at radius 1 is 1.52 bits per heavy atom. The summed E-state index contributed by atoms with van der Waals surface area (Å²) in [5.41, 5.74) is -0.393. The van der Waals surface area contributed by atoms with E-state index in [1.165, 1.54) is 12.6 Å². The van der Waals surface area contributed by atoms with Gasteiger partial charge in [0.05, 0.1) is 10.5 Å². The van der Waals surface area contributed by atoms with Gasteiger partial charge in [-0.1, -0.05) is 19.8 Å². The monoisotopic (exact) mass is 293 g/mol. The first kappa shape index (κ1) is 15.2. The summed E-state index contributed by atoms with van der Waals surface area (Å²) in [6.07, 6.45) is 5.50. The van der Waals surface area contributed by atoms with Crippen molar-refractivity contribution >= 4 is 17.5 Å². The highest BCUT2D eigenvalue weighted by Crippen LogP contribution is 2.31. The van der Waals surface area contributed by atoms with E-state index >= 15 is 0 Å². The first-order valence-corrected chi connectivity index (χ1v) is 7.15. The Bertz CT molecular complexity index is 539. The Hall–Kier alpha value is -2.18. The quantitative estimate of drug-likeness (QED) is 0.662. The van der Waals surface area contributed by atoms with Crippen LogP contribution in [0.4, 0.5) is 11.5 Å². The second kappa shape index (κ2) is 6.51. The summed E-state index contributed by atoms with van der Waals surface area (Å²) in [4.78, 5) is 27.4. The zero-order chi connectivity index (χ0) is 15.4. The number of piperidine rings is 1. The second-order valence-corrected chi connectivity index (χ2v) is 5.35. The highest BCUT2D eigenvalue weighted by Gasteiger charge is 2.27. The average molecular weight is 293 g/mol. The molecule has 7 nitrogen and oxygen atoms in total. The smallest absolute Gasteiger partial charge is 0.337 e. The third-order valence-corrected chi connectivity index (χ3v) is 3.90. The summed E-state index contributed by atoms with van der Waals surface area (Å²) in [5, 5.41) is 20.1. The van der Waals surface area contributed by atoms with Crippen molar-refractivity contribution < 1.29 is 14.8 Å². The number of nitro groups is 1. The Morgan fingerprint density at radius 2 is 2.19 bits per heavy atom. The molecule has 1 aromatic heterocycles. The minimum Gasteiger partial charge on any atom is -0.478 e. The topological polar surface area (TPSA) is 96.6 Å². The van der Waals surface area contributed by atoms with Gasteiger partial charge in [0.1, 0.15) is 0 Å². The van der Waals surface area contributed by atoms with Gasteiger partial charge in [0.15, 0.2) is 0 Å². The molecule has 21 heavy (non-hydrogen) atoms. The molecule has 0 aromatic carbocycles. The Balaban J connectivity index is 2.20. The fourth-order valence-electron chi connectivity index (χ4n) is 2.78. The lowest BCUT2D eigenvalue weighted by Crippen LogP contribution is -2.34. The molecule has 1 saturated heterocycles. The van der Waals surface area contributed by atoms with Crippen LogP contribution < -0.4 is 4.90 Å². The molecule has 0 radical (unpaired) electrons. The van der Waals surface area contributed by atoms with Crippen molar-refractivity contribution in [1.29, 1.82) is 0 Å². The van der Waals surface area contributed by atoms with E-state index in [-0.39, 0.29) is 17.1 Å². The van der Waals surface area contributed by atoms with Crippen LogP contribution in [-0.4, -0.2) is 34.1 Å². The van der Waals surface area contributed by atoms with Crippen molar-refractivity contribution in [3.63, 3.8) is 0 Å². The molecule has 2 heterocycles. The number of rotatable bonds is 5.